The zero-order valence-corrected chi connectivity index (χ0v) is 11.2. The fraction of sp³-hybridized carbons (Fsp3) is 0.231. The predicted octanol–water partition coefficient (Wildman–Crippen LogP) is 2.68. The summed E-state index contributed by atoms with van der Waals surface area (Å²) in [5, 5.41) is 12.4. The van der Waals surface area contributed by atoms with Gasteiger partial charge in [0.05, 0.1) is 16.1 Å². The van der Waals surface area contributed by atoms with E-state index in [1.54, 1.807) is 30.3 Å². The van der Waals surface area contributed by atoms with Crippen LogP contribution >= 0.6 is 0 Å². The van der Waals surface area contributed by atoms with E-state index < -0.39 is 14.8 Å². The van der Waals surface area contributed by atoms with Crippen molar-refractivity contribution in [1.29, 1.82) is 0 Å². The lowest BCUT2D eigenvalue weighted by Crippen LogP contribution is -2.08. The molecule has 2 aromatic carbocycles. The van der Waals surface area contributed by atoms with Gasteiger partial charge < -0.3 is 0 Å². The lowest BCUT2D eigenvalue weighted by Gasteiger charge is -2.06. The Hall–Kier alpha value is -1.95. The molecule has 0 aliphatic heterocycles. The van der Waals surface area contributed by atoms with Crippen molar-refractivity contribution in [3.63, 3.8) is 0 Å². The first-order valence-corrected chi connectivity index (χ1v) is 7.62. The highest BCUT2D eigenvalue weighted by Crippen LogP contribution is 2.30. The lowest BCUT2D eigenvalue weighted by molar-refractivity contribution is -0.383. The van der Waals surface area contributed by atoms with E-state index in [0.29, 0.717) is 5.39 Å². The second kappa shape index (κ2) is 4.97. The Kier molecular flexibility index (Phi) is 3.53. The Morgan fingerprint density at radius 3 is 2.47 bits per heavy atom. The van der Waals surface area contributed by atoms with Gasteiger partial charge in [-0.3, -0.25) is 10.1 Å². The van der Waals surface area contributed by atoms with E-state index in [-0.39, 0.29) is 22.8 Å². The number of nitro benzene ring substituents is 1. The van der Waals surface area contributed by atoms with Crippen LogP contribution in [0.3, 0.4) is 0 Å². The molecule has 0 unspecified atom stereocenters. The Morgan fingerprint density at radius 1 is 1.16 bits per heavy atom. The molecule has 0 N–H and O–H groups in total. The van der Waals surface area contributed by atoms with Crippen molar-refractivity contribution in [3.05, 3.63) is 52.1 Å². The summed E-state index contributed by atoms with van der Waals surface area (Å²) in [4.78, 5) is 10.7. The van der Waals surface area contributed by atoms with E-state index in [9.17, 15) is 18.5 Å². The van der Waals surface area contributed by atoms with Crippen molar-refractivity contribution in [1.82, 2.24) is 0 Å². The van der Waals surface area contributed by atoms with E-state index in [1.807, 2.05) is 0 Å². The van der Waals surface area contributed by atoms with Gasteiger partial charge in [0.15, 0.2) is 9.84 Å². The summed E-state index contributed by atoms with van der Waals surface area (Å²) in [6.45, 7) is 1.53. The molecule has 5 nitrogen and oxygen atoms in total. The van der Waals surface area contributed by atoms with Gasteiger partial charge >= 0.3 is 0 Å². The molecule has 100 valence electrons. The van der Waals surface area contributed by atoms with Gasteiger partial charge in [0, 0.05) is 11.3 Å². The van der Waals surface area contributed by atoms with Gasteiger partial charge in [-0.2, -0.15) is 0 Å². The molecule has 0 aliphatic carbocycles. The summed E-state index contributed by atoms with van der Waals surface area (Å²) in [6.07, 6.45) is 0. The number of rotatable bonds is 4. The van der Waals surface area contributed by atoms with E-state index in [2.05, 4.69) is 0 Å². The van der Waals surface area contributed by atoms with E-state index in [4.69, 9.17) is 0 Å². The molecule has 0 aliphatic rings. The minimum atomic E-state index is -3.30. The van der Waals surface area contributed by atoms with Gasteiger partial charge in [0.25, 0.3) is 5.69 Å². The average Bonchev–Trinajstić information content (AvgIpc) is 2.37. The third-order valence-electron chi connectivity index (χ3n) is 2.98. The van der Waals surface area contributed by atoms with Gasteiger partial charge in [-0.05, 0) is 11.5 Å². The molecule has 0 atom stereocenters. The summed E-state index contributed by atoms with van der Waals surface area (Å²) >= 11 is 0. The molecular formula is C13H13NO4S. The Labute approximate surface area is 110 Å². The van der Waals surface area contributed by atoms with Crippen molar-refractivity contribution >= 4 is 26.3 Å². The maximum Gasteiger partial charge on any atom is 0.281 e. The smallest absolute Gasteiger partial charge is 0.258 e. The third-order valence-corrected chi connectivity index (χ3v) is 4.61. The summed E-state index contributed by atoms with van der Waals surface area (Å²) in [6, 6.07) is 10.1. The Balaban J connectivity index is 2.68. The molecule has 0 heterocycles. The van der Waals surface area contributed by atoms with Crippen LogP contribution in [0.2, 0.25) is 0 Å². The van der Waals surface area contributed by atoms with Gasteiger partial charge in [0.2, 0.25) is 0 Å². The molecule has 0 bridgehead atoms. The molecule has 0 spiro atoms. The average molecular weight is 279 g/mol. The highest BCUT2D eigenvalue weighted by atomic mass is 32.2. The first kappa shape index (κ1) is 13.5. The number of hydrogen-bond acceptors (Lipinski definition) is 4. The van der Waals surface area contributed by atoms with Crippen molar-refractivity contribution < 1.29 is 13.3 Å². The predicted molar refractivity (Wildman–Crippen MR) is 73.8 cm³/mol. The van der Waals surface area contributed by atoms with E-state index >= 15 is 0 Å². The lowest BCUT2D eigenvalue weighted by atomic mass is 10.1. The van der Waals surface area contributed by atoms with Crippen LogP contribution in [0, 0.1) is 10.1 Å². The van der Waals surface area contributed by atoms with Gasteiger partial charge in [-0.15, -0.1) is 0 Å². The second-order valence-electron chi connectivity index (χ2n) is 4.23. The molecule has 6 heteroatoms. The normalized spacial score (nSPS) is 11.6. The molecule has 0 saturated carbocycles. The maximum atomic E-state index is 11.7. The molecule has 2 aromatic rings. The summed E-state index contributed by atoms with van der Waals surface area (Å²) < 4.78 is 23.3. The number of nitro groups is 1. The summed E-state index contributed by atoms with van der Waals surface area (Å²) in [7, 11) is -3.30. The Morgan fingerprint density at radius 2 is 1.84 bits per heavy atom. The monoisotopic (exact) mass is 279 g/mol. The van der Waals surface area contributed by atoms with Crippen LogP contribution in [0.25, 0.3) is 10.8 Å². The molecule has 2 rings (SSSR count). The first-order valence-electron chi connectivity index (χ1n) is 5.80. The molecule has 0 fully saturated rings. The SMILES string of the molecule is CCS(=O)(=O)Cc1ccc2ccccc2c1[N+](=O)[O-]. The maximum absolute atomic E-state index is 11.7. The molecule has 0 amide bonds. The van der Waals surface area contributed by atoms with Crippen molar-refractivity contribution in [2.75, 3.05) is 5.75 Å². The van der Waals surface area contributed by atoms with Crippen LogP contribution < -0.4 is 0 Å². The molecular weight excluding hydrogens is 266 g/mol. The quantitative estimate of drug-likeness (QED) is 0.636. The van der Waals surface area contributed by atoms with Gasteiger partial charge in [0.1, 0.15) is 0 Å². The van der Waals surface area contributed by atoms with E-state index in [1.165, 1.54) is 13.0 Å². The van der Waals surface area contributed by atoms with Crippen LogP contribution in [0.4, 0.5) is 5.69 Å². The zero-order chi connectivity index (χ0) is 14.0. The van der Waals surface area contributed by atoms with Crippen molar-refractivity contribution in [2.24, 2.45) is 0 Å². The van der Waals surface area contributed by atoms with Gasteiger partial charge in [-0.25, -0.2) is 8.42 Å². The number of fused-ring (bicyclic) bond motifs is 1. The van der Waals surface area contributed by atoms with Crippen LogP contribution in [0.1, 0.15) is 12.5 Å². The van der Waals surface area contributed by atoms with Crippen LogP contribution in [0.5, 0.6) is 0 Å². The van der Waals surface area contributed by atoms with Gasteiger partial charge in [-0.1, -0.05) is 37.3 Å². The fourth-order valence-electron chi connectivity index (χ4n) is 1.97. The highest BCUT2D eigenvalue weighted by molar-refractivity contribution is 7.90. The van der Waals surface area contributed by atoms with Crippen molar-refractivity contribution in [2.45, 2.75) is 12.7 Å². The minimum Gasteiger partial charge on any atom is -0.258 e. The second-order valence-corrected chi connectivity index (χ2v) is 6.58. The van der Waals surface area contributed by atoms with Crippen LogP contribution in [0.15, 0.2) is 36.4 Å². The van der Waals surface area contributed by atoms with E-state index in [0.717, 1.165) is 5.39 Å². The number of hydrogen-bond donors (Lipinski definition) is 0. The summed E-state index contributed by atoms with van der Waals surface area (Å²) in [5.74, 6) is -0.332. The molecule has 0 radical (unpaired) electrons. The van der Waals surface area contributed by atoms with Crippen molar-refractivity contribution in [3.8, 4) is 0 Å². The number of benzene rings is 2. The van der Waals surface area contributed by atoms with Crippen LogP contribution in [-0.2, 0) is 15.6 Å². The Bertz CT molecular complexity index is 737. The standard InChI is InChI=1S/C13H13NO4S/c1-2-19(17,18)9-11-8-7-10-5-3-4-6-12(10)13(11)14(15)16/h3-8H,2,9H2,1H3. The fourth-order valence-corrected chi connectivity index (χ4v) is 2.88. The number of nitrogens with zero attached hydrogens (tertiary/aromatic N) is 1. The molecule has 0 saturated heterocycles. The molecule has 19 heavy (non-hydrogen) atoms. The zero-order valence-electron chi connectivity index (χ0n) is 10.4. The largest absolute Gasteiger partial charge is 0.281 e. The topological polar surface area (TPSA) is 77.3 Å². The highest BCUT2D eigenvalue weighted by Gasteiger charge is 2.21. The first-order chi connectivity index (χ1) is 8.94. The molecule has 0 aromatic heterocycles. The minimum absolute atomic E-state index is 0.0308. The summed E-state index contributed by atoms with van der Waals surface area (Å²) in [5.41, 5.74) is 0.126. The van der Waals surface area contributed by atoms with Crippen LogP contribution in [-0.4, -0.2) is 19.1 Å². The third kappa shape index (κ3) is 2.73. The number of sulfone groups is 1.